The van der Waals surface area contributed by atoms with Gasteiger partial charge in [-0.3, -0.25) is 10.1 Å². The number of thiazole rings is 1. The Hall–Kier alpha value is -1.92. The lowest BCUT2D eigenvalue weighted by Gasteiger charge is -2.18. The van der Waals surface area contributed by atoms with Crippen LogP contribution in [-0.4, -0.2) is 17.5 Å². The Morgan fingerprint density at radius 3 is 2.69 bits per heavy atom. The average molecular weight is 433 g/mol. The summed E-state index contributed by atoms with van der Waals surface area (Å²) in [5.74, 6) is 0.414. The van der Waals surface area contributed by atoms with Crippen LogP contribution in [0.4, 0.5) is 5.13 Å². The van der Waals surface area contributed by atoms with Crippen LogP contribution in [-0.2, 0) is 10.2 Å². The molecule has 26 heavy (non-hydrogen) atoms. The Bertz CT molecular complexity index is 960. The molecular weight excluding hydrogens is 412 g/mol. The standard InChI is InChI=1S/C20H21BrN2O2S/c1-12-5-8-16(14(21)9-12)25-11-18(24)23-19-22-15-7-6-13(20(2,3)4)10-17(15)26-19/h5-10H,11H2,1-4H3,(H,22,23,24). The normalized spacial score (nSPS) is 11.6. The third-order valence-electron chi connectivity index (χ3n) is 3.95. The van der Waals surface area contributed by atoms with Gasteiger partial charge < -0.3 is 4.74 Å². The summed E-state index contributed by atoms with van der Waals surface area (Å²) in [6, 6.07) is 12.0. The fraction of sp³-hybridized carbons (Fsp3) is 0.300. The van der Waals surface area contributed by atoms with E-state index in [0.717, 1.165) is 20.3 Å². The number of carbonyl (C=O) groups excluding carboxylic acids is 1. The number of benzene rings is 2. The van der Waals surface area contributed by atoms with E-state index in [1.165, 1.54) is 16.9 Å². The third kappa shape index (κ3) is 4.43. The molecule has 1 heterocycles. The van der Waals surface area contributed by atoms with Crippen molar-refractivity contribution < 1.29 is 9.53 Å². The number of halogens is 1. The number of ether oxygens (including phenoxy) is 1. The van der Waals surface area contributed by atoms with Crippen LogP contribution in [0.2, 0.25) is 0 Å². The van der Waals surface area contributed by atoms with E-state index < -0.39 is 0 Å². The number of amides is 1. The molecule has 0 saturated carbocycles. The molecule has 0 unspecified atom stereocenters. The zero-order chi connectivity index (χ0) is 18.9. The largest absolute Gasteiger partial charge is 0.483 e. The Kier molecular flexibility index (Phi) is 5.34. The molecular formula is C20H21BrN2O2S. The summed E-state index contributed by atoms with van der Waals surface area (Å²) in [5.41, 5.74) is 3.34. The van der Waals surface area contributed by atoms with Gasteiger partial charge >= 0.3 is 0 Å². The van der Waals surface area contributed by atoms with Crippen molar-refractivity contribution in [1.82, 2.24) is 4.98 Å². The van der Waals surface area contributed by atoms with Crippen molar-refractivity contribution in [2.24, 2.45) is 0 Å². The quantitative estimate of drug-likeness (QED) is 0.576. The highest BCUT2D eigenvalue weighted by Crippen LogP contribution is 2.31. The molecule has 2 aromatic carbocycles. The maximum absolute atomic E-state index is 12.2. The maximum Gasteiger partial charge on any atom is 0.264 e. The Labute approximate surface area is 165 Å². The zero-order valence-electron chi connectivity index (χ0n) is 15.2. The van der Waals surface area contributed by atoms with Crippen LogP contribution in [0, 0.1) is 6.92 Å². The molecule has 0 saturated heterocycles. The SMILES string of the molecule is Cc1ccc(OCC(=O)Nc2nc3ccc(C(C)(C)C)cc3s2)c(Br)c1. The number of hydrogen-bond acceptors (Lipinski definition) is 4. The van der Waals surface area contributed by atoms with Gasteiger partial charge in [-0.2, -0.15) is 0 Å². The first-order valence-electron chi connectivity index (χ1n) is 8.32. The smallest absolute Gasteiger partial charge is 0.264 e. The van der Waals surface area contributed by atoms with E-state index in [-0.39, 0.29) is 17.9 Å². The number of nitrogens with zero attached hydrogens (tertiary/aromatic N) is 1. The fourth-order valence-electron chi connectivity index (χ4n) is 2.47. The number of aromatic nitrogens is 1. The molecule has 3 aromatic rings. The van der Waals surface area contributed by atoms with Crippen molar-refractivity contribution in [2.75, 3.05) is 11.9 Å². The monoisotopic (exact) mass is 432 g/mol. The van der Waals surface area contributed by atoms with Crippen LogP contribution in [0.25, 0.3) is 10.2 Å². The lowest BCUT2D eigenvalue weighted by molar-refractivity contribution is -0.118. The topological polar surface area (TPSA) is 51.2 Å². The van der Waals surface area contributed by atoms with Crippen molar-refractivity contribution in [3.8, 4) is 5.75 Å². The summed E-state index contributed by atoms with van der Waals surface area (Å²) in [6.45, 7) is 8.47. The highest BCUT2D eigenvalue weighted by atomic mass is 79.9. The van der Waals surface area contributed by atoms with E-state index >= 15 is 0 Å². The minimum absolute atomic E-state index is 0.0647. The molecule has 0 aliphatic heterocycles. The van der Waals surface area contributed by atoms with E-state index in [1.807, 2.05) is 31.2 Å². The lowest BCUT2D eigenvalue weighted by atomic mass is 9.87. The molecule has 0 aliphatic carbocycles. The van der Waals surface area contributed by atoms with Crippen LogP contribution in [0.3, 0.4) is 0 Å². The van der Waals surface area contributed by atoms with Crippen LogP contribution in [0.1, 0.15) is 31.9 Å². The van der Waals surface area contributed by atoms with E-state index in [9.17, 15) is 4.79 Å². The number of aryl methyl sites for hydroxylation is 1. The van der Waals surface area contributed by atoms with Gasteiger partial charge in [-0.1, -0.05) is 44.2 Å². The fourth-order valence-corrected chi connectivity index (χ4v) is 4.00. The van der Waals surface area contributed by atoms with E-state index in [1.54, 1.807) is 0 Å². The van der Waals surface area contributed by atoms with Gasteiger partial charge in [-0.25, -0.2) is 4.98 Å². The first-order valence-corrected chi connectivity index (χ1v) is 9.93. The first-order chi connectivity index (χ1) is 12.2. The number of nitrogens with one attached hydrogen (secondary N) is 1. The molecule has 0 aliphatic rings. The molecule has 4 nitrogen and oxygen atoms in total. The number of rotatable bonds is 4. The lowest BCUT2D eigenvalue weighted by Crippen LogP contribution is -2.20. The van der Waals surface area contributed by atoms with Crippen LogP contribution < -0.4 is 10.1 Å². The Morgan fingerprint density at radius 1 is 1.23 bits per heavy atom. The molecule has 1 amide bonds. The van der Waals surface area contributed by atoms with Gasteiger partial charge in [0.25, 0.3) is 5.91 Å². The predicted molar refractivity (Wildman–Crippen MR) is 111 cm³/mol. The van der Waals surface area contributed by atoms with Gasteiger partial charge in [0, 0.05) is 0 Å². The maximum atomic E-state index is 12.2. The van der Waals surface area contributed by atoms with Gasteiger partial charge in [-0.15, -0.1) is 0 Å². The molecule has 3 rings (SSSR count). The summed E-state index contributed by atoms with van der Waals surface area (Å²) < 4.78 is 7.48. The second-order valence-electron chi connectivity index (χ2n) is 7.22. The molecule has 0 fully saturated rings. The summed E-state index contributed by atoms with van der Waals surface area (Å²) >= 11 is 4.92. The predicted octanol–water partition coefficient (Wildman–Crippen LogP) is 5.68. The van der Waals surface area contributed by atoms with Gasteiger partial charge in [-0.05, 0) is 63.7 Å². The van der Waals surface area contributed by atoms with Crippen molar-refractivity contribution in [1.29, 1.82) is 0 Å². The van der Waals surface area contributed by atoms with Crippen LogP contribution in [0.15, 0.2) is 40.9 Å². The average Bonchev–Trinajstić information content (AvgIpc) is 2.94. The number of hydrogen-bond donors (Lipinski definition) is 1. The van der Waals surface area contributed by atoms with Crippen molar-refractivity contribution in [2.45, 2.75) is 33.1 Å². The highest BCUT2D eigenvalue weighted by molar-refractivity contribution is 9.10. The Balaban J connectivity index is 1.67. The van der Waals surface area contributed by atoms with Crippen molar-refractivity contribution in [3.05, 3.63) is 52.0 Å². The molecule has 0 radical (unpaired) electrons. The second kappa shape index (κ2) is 7.37. The van der Waals surface area contributed by atoms with Crippen LogP contribution in [0.5, 0.6) is 5.75 Å². The van der Waals surface area contributed by atoms with E-state index in [0.29, 0.717) is 10.9 Å². The Morgan fingerprint density at radius 2 is 2.00 bits per heavy atom. The van der Waals surface area contributed by atoms with Crippen molar-refractivity contribution in [3.63, 3.8) is 0 Å². The first kappa shape index (κ1) is 18.9. The molecule has 0 atom stereocenters. The zero-order valence-corrected chi connectivity index (χ0v) is 17.6. The van der Waals surface area contributed by atoms with Crippen LogP contribution >= 0.6 is 27.3 Å². The van der Waals surface area contributed by atoms with Gasteiger partial charge in [0.2, 0.25) is 0 Å². The second-order valence-corrected chi connectivity index (χ2v) is 9.11. The molecule has 136 valence electrons. The molecule has 1 aromatic heterocycles. The van der Waals surface area contributed by atoms with E-state index in [2.05, 4.69) is 59.1 Å². The summed E-state index contributed by atoms with van der Waals surface area (Å²) in [6.07, 6.45) is 0. The molecule has 1 N–H and O–H groups in total. The number of fused-ring (bicyclic) bond motifs is 1. The number of anilines is 1. The molecule has 0 bridgehead atoms. The minimum atomic E-state index is -0.229. The summed E-state index contributed by atoms with van der Waals surface area (Å²) in [4.78, 5) is 16.7. The summed E-state index contributed by atoms with van der Waals surface area (Å²) in [5, 5.41) is 3.40. The third-order valence-corrected chi connectivity index (χ3v) is 5.50. The molecule has 0 spiro atoms. The minimum Gasteiger partial charge on any atom is -0.483 e. The van der Waals surface area contributed by atoms with Gasteiger partial charge in [0.15, 0.2) is 11.7 Å². The number of carbonyl (C=O) groups is 1. The summed E-state index contributed by atoms with van der Waals surface area (Å²) in [7, 11) is 0. The van der Waals surface area contributed by atoms with Gasteiger partial charge in [0.05, 0.1) is 14.7 Å². The van der Waals surface area contributed by atoms with Crippen molar-refractivity contribution >= 4 is 48.5 Å². The van der Waals surface area contributed by atoms with E-state index in [4.69, 9.17) is 4.74 Å². The highest BCUT2D eigenvalue weighted by Gasteiger charge is 2.16. The molecule has 6 heteroatoms. The van der Waals surface area contributed by atoms with Gasteiger partial charge in [0.1, 0.15) is 5.75 Å².